The topological polar surface area (TPSA) is 26.3 Å². The third-order valence-corrected chi connectivity index (χ3v) is 2.70. The van der Waals surface area contributed by atoms with Crippen LogP contribution in [0.15, 0.2) is 18.2 Å². The van der Waals surface area contributed by atoms with Gasteiger partial charge in [-0.2, -0.15) is 0 Å². The number of halogens is 2. The molecule has 14 heavy (non-hydrogen) atoms. The van der Waals surface area contributed by atoms with Gasteiger partial charge in [-0.05, 0) is 36.6 Å². The number of aryl methyl sites for hydroxylation is 2. The number of hydrogen-bond donors (Lipinski definition) is 0. The van der Waals surface area contributed by atoms with E-state index in [0.29, 0.717) is 5.56 Å². The molecule has 0 radical (unpaired) electrons. The third-order valence-electron chi connectivity index (χ3n) is 2.01. The average Bonchev–Trinajstić information content (AvgIpc) is 2.20. The van der Waals surface area contributed by atoms with Crippen molar-refractivity contribution in [3.63, 3.8) is 0 Å². The Labute approximate surface area is 100 Å². The lowest BCUT2D eigenvalue weighted by molar-refractivity contribution is 0.0782. The van der Waals surface area contributed by atoms with E-state index in [1.807, 2.05) is 19.1 Å². The van der Waals surface area contributed by atoms with Crippen LogP contribution in [0.4, 0.5) is 0 Å². The number of alkyl halides is 1. The van der Waals surface area contributed by atoms with E-state index in [1.165, 1.54) is 5.56 Å². The maximum absolute atomic E-state index is 11.2. The minimum Gasteiger partial charge on any atom is -0.380 e. The molecule has 0 aromatic heterocycles. The van der Waals surface area contributed by atoms with Gasteiger partial charge in [-0.3, -0.25) is 0 Å². The van der Waals surface area contributed by atoms with Crippen LogP contribution in [0.5, 0.6) is 0 Å². The molecule has 0 atom stereocenters. The fourth-order valence-corrected chi connectivity index (χ4v) is 1.86. The highest BCUT2D eigenvalue weighted by atomic mass is 79.9. The van der Waals surface area contributed by atoms with Crippen LogP contribution >= 0.6 is 32.2 Å². The lowest BCUT2D eigenvalue weighted by Gasteiger charge is -2.05. The van der Waals surface area contributed by atoms with E-state index in [2.05, 4.69) is 36.0 Å². The molecule has 2 nitrogen and oxygen atoms in total. The summed E-state index contributed by atoms with van der Waals surface area (Å²) in [6.07, 6.45) is 0.968. The largest absolute Gasteiger partial charge is 0.380 e. The van der Waals surface area contributed by atoms with Crippen LogP contribution < -0.4 is 0 Å². The maximum atomic E-state index is 11.2. The molecule has 0 aliphatic carbocycles. The number of carbonyl (C=O) groups is 1. The number of rotatable bonds is 3. The highest BCUT2D eigenvalue weighted by Gasteiger charge is 2.07. The van der Waals surface area contributed by atoms with Crippen LogP contribution in [0, 0.1) is 6.92 Å². The molecule has 0 amide bonds. The molecular formula is C10H10Br2O2. The zero-order valence-electron chi connectivity index (χ0n) is 7.72. The predicted octanol–water partition coefficient (Wildman–Crippen LogP) is 3.40. The van der Waals surface area contributed by atoms with Crippen molar-refractivity contribution < 1.29 is 8.62 Å². The monoisotopic (exact) mass is 320 g/mol. The second-order valence-electron chi connectivity index (χ2n) is 2.94. The van der Waals surface area contributed by atoms with E-state index < -0.39 is 0 Å². The molecule has 0 N–H and O–H groups in total. The smallest absolute Gasteiger partial charge is 0.349 e. The Kier molecular flexibility index (Phi) is 4.62. The van der Waals surface area contributed by atoms with Gasteiger partial charge in [-0.1, -0.05) is 22.0 Å². The molecule has 0 unspecified atom stereocenters. The molecule has 1 rings (SSSR count). The second-order valence-corrected chi connectivity index (χ2v) is 4.06. The van der Waals surface area contributed by atoms with Crippen LogP contribution in [-0.4, -0.2) is 11.3 Å². The maximum Gasteiger partial charge on any atom is 0.349 e. The van der Waals surface area contributed by atoms with Gasteiger partial charge < -0.3 is 3.83 Å². The molecular weight excluding hydrogens is 312 g/mol. The molecule has 0 saturated carbocycles. The van der Waals surface area contributed by atoms with E-state index in [0.717, 1.165) is 17.3 Å². The SMILES string of the molecule is Cc1cc(C(=O)OBr)ccc1CCBr. The van der Waals surface area contributed by atoms with Gasteiger partial charge in [0.15, 0.2) is 16.3 Å². The minimum atomic E-state index is -0.363. The van der Waals surface area contributed by atoms with Gasteiger partial charge in [0.2, 0.25) is 0 Å². The van der Waals surface area contributed by atoms with E-state index in [-0.39, 0.29) is 5.97 Å². The summed E-state index contributed by atoms with van der Waals surface area (Å²) in [6.45, 7) is 1.99. The first-order valence-electron chi connectivity index (χ1n) is 4.17. The first-order chi connectivity index (χ1) is 6.69. The van der Waals surface area contributed by atoms with E-state index in [4.69, 9.17) is 0 Å². The van der Waals surface area contributed by atoms with Crippen molar-refractivity contribution in [1.82, 2.24) is 0 Å². The summed E-state index contributed by atoms with van der Waals surface area (Å²) in [5.74, 6) is -0.363. The summed E-state index contributed by atoms with van der Waals surface area (Å²) < 4.78 is 4.46. The van der Waals surface area contributed by atoms with Crippen molar-refractivity contribution in [3.8, 4) is 0 Å². The quantitative estimate of drug-likeness (QED) is 0.798. The summed E-state index contributed by atoms with van der Waals surface area (Å²) in [4.78, 5) is 11.2. The standard InChI is InChI=1S/C10H10Br2O2/c1-7-6-9(10(13)14-12)3-2-8(7)4-5-11/h2-3,6H,4-5H2,1H3. The molecule has 0 aliphatic rings. The first kappa shape index (κ1) is 11.7. The molecule has 0 spiro atoms. The van der Waals surface area contributed by atoms with Crippen molar-refractivity contribution in [2.45, 2.75) is 13.3 Å². The Balaban J connectivity index is 2.94. The fourth-order valence-electron chi connectivity index (χ4n) is 1.25. The Hall–Kier alpha value is -0.350. The lowest BCUT2D eigenvalue weighted by Crippen LogP contribution is -2.00. The molecule has 1 aromatic carbocycles. The number of carbonyl (C=O) groups excluding carboxylic acids is 1. The lowest BCUT2D eigenvalue weighted by atomic mass is 10.0. The van der Waals surface area contributed by atoms with E-state index in [1.54, 1.807) is 6.07 Å². The molecule has 0 bridgehead atoms. The molecule has 1 aromatic rings. The number of hydrogen-bond acceptors (Lipinski definition) is 2. The van der Waals surface area contributed by atoms with Crippen molar-refractivity contribution >= 4 is 38.2 Å². The molecule has 0 saturated heterocycles. The van der Waals surface area contributed by atoms with Gasteiger partial charge >= 0.3 is 5.97 Å². The minimum absolute atomic E-state index is 0.363. The van der Waals surface area contributed by atoms with Crippen LogP contribution in [0.1, 0.15) is 21.5 Å². The van der Waals surface area contributed by atoms with Crippen molar-refractivity contribution in [2.24, 2.45) is 0 Å². The molecule has 0 heterocycles. The molecule has 4 heteroatoms. The average molecular weight is 322 g/mol. The fraction of sp³-hybridized carbons (Fsp3) is 0.300. The van der Waals surface area contributed by atoms with Gasteiger partial charge in [0.05, 0.1) is 5.56 Å². The summed E-state index contributed by atoms with van der Waals surface area (Å²) in [7, 11) is 0. The highest BCUT2D eigenvalue weighted by Crippen LogP contribution is 2.14. The van der Waals surface area contributed by atoms with Crippen molar-refractivity contribution in [3.05, 3.63) is 34.9 Å². The van der Waals surface area contributed by atoms with Gasteiger partial charge in [0.1, 0.15) is 0 Å². The Morgan fingerprint density at radius 3 is 2.71 bits per heavy atom. The van der Waals surface area contributed by atoms with Crippen molar-refractivity contribution in [2.75, 3.05) is 5.33 Å². The Morgan fingerprint density at radius 2 is 2.21 bits per heavy atom. The zero-order valence-corrected chi connectivity index (χ0v) is 10.9. The molecule has 0 aliphatic heterocycles. The predicted molar refractivity (Wildman–Crippen MR) is 63.0 cm³/mol. The van der Waals surface area contributed by atoms with Crippen molar-refractivity contribution in [1.29, 1.82) is 0 Å². The van der Waals surface area contributed by atoms with Gasteiger partial charge in [-0.25, -0.2) is 4.79 Å². The molecule has 0 fully saturated rings. The van der Waals surface area contributed by atoms with Crippen LogP contribution in [0.25, 0.3) is 0 Å². The van der Waals surface area contributed by atoms with Gasteiger partial charge in [-0.15, -0.1) is 0 Å². The zero-order chi connectivity index (χ0) is 10.6. The number of benzene rings is 1. The summed E-state index contributed by atoms with van der Waals surface area (Å²) in [5.41, 5.74) is 2.92. The van der Waals surface area contributed by atoms with Crippen LogP contribution in [0.3, 0.4) is 0 Å². The van der Waals surface area contributed by atoms with E-state index in [9.17, 15) is 4.79 Å². The second kappa shape index (κ2) is 5.51. The van der Waals surface area contributed by atoms with E-state index >= 15 is 0 Å². The Bertz CT molecular complexity index is 337. The van der Waals surface area contributed by atoms with Gasteiger partial charge in [0, 0.05) is 5.33 Å². The summed E-state index contributed by atoms with van der Waals surface area (Å²) >= 11 is 6.05. The summed E-state index contributed by atoms with van der Waals surface area (Å²) in [6, 6.07) is 5.56. The first-order valence-corrected chi connectivity index (χ1v) is 5.94. The van der Waals surface area contributed by atoms with Gasteiger partial charge in [0.25, 0.3) is 0 Å². The normalized spacial score (nSPS) is 9.93. The summed E-state index contributed by atoms with van der Waals surface area (Å²) in [5, 5.41) is 0.927. The molecule has 76 valence electrons. The Morgan fingerprint density at radius 1 is 1.50 bits per heavy atom. The highest BCUT2D eigenvalue weighted by molar-refractivity contribution is 9.09. The van der Waals surface area contributed by atoms with Crippen LogP contribution in [-0.2, 0) is 10.2 Å². The van der Waals surface area contributed by atoms with Crippen LogP contribution in [0.2, 0.25) is 0 Å². The third kappa shape index (κ3) is 2.82.